The molecule has 0 bridgehead atoms. The third kappa shape index (κ3) is 1.18. The molecule has 2 fully saturated rings. The average Bonchev–Trinajstić information content (AvgIpc) is 2.68. The van der Waals surface area contributed by atoms with Gasteiger partial charge in [0.15, 0.2) is 5.78 Å². The lowest BCUT2D eigenvalue weighted by Crippen LogP contribution is -2.56. The second-order valence-corrected chi connectivity index (χ2v) is 3.91. The Morgan fingerprint density at radius 3 is 3.21 bits per heavy atom. The highest BCUT2D eigenvalue weighted by molar-refractivity contribution is 5.99. The molecular weight excluding hydrogens is 180 g/mol. The third-order valence-electron chi connectivity index (χ3n) is 3.20. The first kappa shape index (κ1) is 9.40. The molecule has 4 nitrogen and oxygen atoms in total. The fourth-order valence-corrected chi connectivity index (χ4v) is 2.48. The number of carbonyl (C=O) groups excluding carboxylic acids is 2. The Morgan fingerprint density at radius 1 is 1.71 bits per heavy atom. The van der Waals surface area contributed by atoms with Crippen LogP contribution in [0.4, 0.5) is 0 Å². The molecule has 1 saturated carbocycles. The molecule has 2 aliphatic rings. The highest BCUT2D eigenvalue weighted by Crippen LogP contribution is 2.34. The molecule has 2 rings (SSSR count). The van der Waals surface area contributed by atoms with E-state index in [4.69, 9.17) is 0 Å². The second-order valence-electron chi connectivity index (χ2n) is 3.91. The van der Waals surface area contributed by atoms with Crippen LogP contribution in [0.2, 0.25) is 0 Å². The fraction of sp³-hybridized carbons (Fsp3) is 0.600. The Morgan fingerprint density at radius 2 is 2.50 bits per heavy atom. The van der Waals surface area contributed by atoms with Crippen LogP contribution in [-0.2, 0) is 9.59 Å². The van der Waals surface area contributed by atoms with Crippen molar-refractivity contribution in [3.8, 4) is 0 Å². The van der Waals surface area contributed by atoms with E-state index in [0.29, 0.717) is 6.54 Å². The molecule has 0 aromatic heterocycles. The maximum Gasteiger partial charge on any atom is 0.244 e. The Hall–Kier alpha value is -1.16. The number of Topliss-reactive ketones (excluding diaryl/α,β-unsaturated/α-hetero) is 1. The Balaban J connectivity index is 2.22. The van der Waals surface area contributed by atoms with E-state index in [0.717, 1.165) is 19.3 Å². The average molecular weight is 194 g/mol. The van der Waals surface area contributed by atoms with Crippen molar-refractivity contribution in [2.45, 2.75) is 30.8 Å². The molecule has 1 saturated heterocycles. The van der Waals surface area contributed by atoms with Crippen LogP contribution in [0.15, 0.2) is 12.7 Å². The lowest BCUT2D eigenvalue weighted by atomic mass is 9.92. The molecule has 2 unspecified atom stereocenters. The molecule has 1 aliphatic carbocycles. The molecule has 2 N–H and O–H groups in total. The van der Waals surface area contributed by atoms with Gasteiger partial charge < -0.3 is 10.6 Å². The van der Waals surface area contributed by atoms with Gasteiger partial charge in [-0.25, -0.2) is 0 Å². The van der Waals surface area contributed by atoms with Gasteiger partial charge in [0.2, 0.25) is 5.91 Å². The van der Waals surface area contributed by atoms with E-state index in [1.165, 1.54) is 6.08 Å². The van der Waals surface area contributed by atoms with Crippen LogP contribution in [0.1, 0.15) is 19.3 Å². The van der Waals surface area contributed by atoms with E-state index < -0.39 is 5.54 Å². The molecule has 0 aromatic carbocycles. The zero-order valence-electron chi connectivity index (χ0n) is 8.01. The fourth-order valence-electron chi connectivity index (χ4n) is 2.48. The van der Waals surface area contributed by atoms with Crippen LogP contribution in [0, 0.1) is 0 Å². The SMILES string of the molecule is C=CC(=O)NC12CCCC1NCC2=O. The van der Waals surface area contributed by atoms with Gasteiger partial charge in [-0.05, 0) is 25.3 Å². The van der Waals surface area contributed by atoms with Gasteiger partial charge in [0.1, 0.15) is 5.54 Å². The number of rotatable bonds is 2. The van der Waals surface area contributed by atoms with Crippen molar-refractivity contribution in [1.29, 1.82) is 0 Å². The molecule has 2 atom stereocenters. The predicted molar refractivity (Wildman–Crippen MR) is 51.7 cm³/mol. The summed E-state index contributed by atoms with van der Waals surface area (Å²) in [6.07, 6.45) is 3.92. The van der Waals surface area contributed by atoms with Crippen molar-refractivity contribution in [2.75, 3.05) is 6.54 Å². The quantitative estimate of drug-likeness (QED) is 0.596. The Kier molecular flexibility index (Phi) is 2.15. The monoisotopic (exact) mass is 194 g/mol. The lowest BCUT2D eigenvalue weighted by Gasteiger charge is -2.27. The number of amides is 1. The summed E-state index contributed by atoms with van der Waals surface area (Å²) in [6, 6.07) is 0.124. The van der Waals surface area contributed by atoms with Gasteiger partial charge >= 0.3 is 0 Å². The standard InChI is InChI=1S/C10H14N2O2/c1-2-9(14)12-10-5-3-4-7(10)11-6-8(10)13/h2,7,11H,1,3-6H2,(H,12,14). The summed E-state index contributed by atoms with van der Waals surface area (Å²) < 4.78 is 0. The number of fused-ring (bicyclic) bond motifs is 1. The molecule has 1 aliphatic heterocycles. The van der Waals surface area contributed by atoms with Crippen LogP contribution in [-0.4, -0.2) is 29.8 Å². The summed E-state index contributed by atoms with van der Waals surface area (Å²) in [7, 11) is 0. The first-order valence-corrected chi connectivity index (χ1v) is 4.90. The van der Waals surface area contributed by atoms with Crippen molar-refractivity contribution in [3.63, 3.8) is 0 Å². The van der Waals surface area contributed by atoms with E-state index >= 15 is 0 Å². The van der Waals surface area contributed by atoms with Gasteiger partial charge in [-0.2, -0.15) is 0 Å². The van der Waals surface area contributed by atoms with Gasteiger partial charge in [0, 0.05) is 6.04 Å². The van der Waals surface area contributed by atoms with Crippen LogP contribution in [0.25, 0.3) is 0 Å². The first-order chi connectivity index (χ1) is 6.69. The first-order valence-electron chi connectivity index (χ1n) is 4.90. The highest BCUT2D eigenvalue weighted by Gasteiger charge is 2.53. The minimum atomic E-state index is -0.634. The largest absolute Gasteiger partial charge is 0.338 e. The Bertz CT molecular complexity index is 300. The van der Waals surface area contributed by atoms with Crippen molar-refractivity contribution in [1.82, 2.24) is 10.6 Å². The smallest absolute Gasteiger partial charge is 0.244 e. The molecule has 14 heavy (non-hydrogen) atoms. The minimum absolute atomic E-state index is 0.107. The van der Waals surface area contributed by atoms with Gasteiger partial charge in [-0.15, -0.1) is 0 Å². The van der Waals surface area contributed by atoms with Gasteiger partial charge in [-0.1, -0.05) is 6.58 Å². The highest BCUT2D eigenvalue weighted by atomic mass is 16.2. The van der Waals surface area contributed by atoms with Crippen LogP contribution in [0.5, 0.6) is 0 Å². The maximum absolute atomic E-state index is 11.7. The Labute approximate surface area is 82.7 Å². The molecular formula is C10H14N2O2. The summed E-state index contributed by atoms with van der Waals surface area (Å²) >= 11 is 0. The zero-order valence-corrected chi connectivity index (χ0v) is 8.01. The maximum atomic E-state index is 11.7. The molecule has 1 amide bonds. The van der Waals surface area contributed by atoms with Crippen molar-refractivity contribution < 1.29 is 9.59 Å². The topological polar surface area (TPSA) is 58.2 Å². The van der Waals surface area contributed by atoms with E-state index in [1.54, 1.807) is 0 Å². The predicted octanol–water partition coefficient (Wildman–Crippen LogP) is -0.248. The summed E-state index contributed by atoms with van der Waals surface area (Å²) in [5.74, 6) is -0.149. The van der Waals surface area contributed by atoms with Gasteiger partial charge in [-0.3, -0.25) is 9.59 Å². The summed E-state index contributed by atoms with van der Waals surface area (Å²) in [4.78, 5) is 23.0. The number of nitrogens with one attached hydrogen (secondary N) is 2. The molecule has 1 heterocycles. The number of hydrogen-bond acceptors (Lipinski definition) is 3. The zero-order chi connectivity index (χ0) is 10.2. The van der Waals surface area contributed by atoms with E-state index in [2.05, 4.69) is 17.2 Å². The van der Waals surface area contributed by atoms with Crippen LogP contribution >= 0.6 is 0 Å². The van der Waals surface area contributed by atoms with E-state index in [-0.39, 0.29) is 17.7 Å². The van der Waals surface area contributed by atoms with Crippen molar-refractivity contribution >= 4 is 11.7 Å². The van der Waals surface area contributed by atoms with Crippen LogP contribution in [0.3, 0.4) is 0 Å². The van der Waals surface area contributed by atoms with Gasteiger partial charge in [0.05, 0.1) is 6.54 Å². The van der Waals surface area contributed by atoms with E-state index in [9.17, 15) is 9.59 Å². The molecule has 4 heteroatoms. The van der Waals surface area contributed by atoms with Crippen molar-refractivity contribution in [3.05, 3.63) is 12.7 Å². The molecule has 0 radical (unpaired) electrons. The molecule has 0 aromatic rings. The lowest BCUT2D eigenvalue weighted by molar-refractivity contribution is -0.127. The van der Waals surface area contributed by atoms with E-state index in [1.807, 2.05) is 0 Å². The summed E-state index contributed by atoms with van der Waals surface area (Å²) in [6.45, 7) is 3.77. The van der Waals surface area contributed by atoms with Gasteiger partial charge in [0.25, 0.3) is 0 Å². The second kappa shape index (κ2) is 3.20. The third-order valence-corrected chi connectivity index (χ3v) is 3.20. The number of ketones is 1. The number of hydrogen-bond donors (Lipinski definition) is 2. The summed E-state index contributed by atoms with van der Waals surface area (Å²) in [5.41, 5.74) is -0.634. The molecule has 0 spiro atoms. The molecule has 76 valence electrons. The number of carbonyl (C=O) groups is 2. The van der Waals surface area contributed by atoms with Crippen molar-refractivity contribution in [2.24, 2.45) is 0 Å². The minimum Gasteiger partial charge on any atom is -0.338 e. The van der Waals surface area contributed by atoms with Crippen LogP contribution < -0.4 is 10.6 Å². The summed E-state index contributed by atoms with van der Waals surface area (Å²) in [5, 5.41) is 5.92. The normalized spacial score (nSPS) is 35.4.